The molecule has 2 fully saturated rings. The van der Waals surface area contributed by atoms with Crippen LogP contribution in [-0.2, 0) is 11.8 Å². The SMILES string of the molecule is C=c1/c(=C\N=CC)c2ccc(-c3ccc(C#CCN4CCN(CCCOC5CN(c6ccc(C=O)c(C=O)c6)C5)CC4)nc3)cc2n1C. The molecular formula is C39H42N6O3. The van der Waals surface area contributed by atoms with E-state index in [1.807, 2.05) is 38.5 Å². The largest absolute Gasteiger partial charge is 0.374 e. The third-order valence-corrected chi connectivity index (χ3v) is 9.31. The number of anilines is 1. The second-order valence-corrected chi connectivity index (χ2v) is 12.3. The van der Waals surface area contributed by atoms with Crippen LogP contribution in [0.25, 0.3) is 34.8 Å². The first kappa shape index (κ1) is 33.0. The summed E-state index contributed by atoms with van der Waals surface area (Å²) in [6.07, 6.45) is 8.21. The fraction of sp³-hybridized carbons (Fsp3) is 0.333. The molecule has 0 N–H and O–H groups in total. The summed E-state index contributed by atoms with van der Waals surface area (Å²) < 4.78 is 8.18. The lowest BCUT2D eigenvalue weighted by atomic mass is 10.1. The van der Waals surface area contributed by atoms with Crippen LogP contribution in [0.15, 0.2) is 59.7 Å². The molecule has 0 radical (unpaired) electrons. The number of rotatable bonds is 11. The maximum atomic E-state index is 11.2. The summed E-state index contributed by atoms with van der Waals surface area (Å²) in [4.78, 5) is 38.3. The average molecular weight is 643 g/mol. The van der Waals surface area contributed by atoms with E-state index in [0.29, 0.717) is 17.4 Å². The number of ether oxygens (including phenoxy) is 1. The van der Waals surface area contributed by atoms with Crippen LogP contribution in [0.4, 0.5) is 5.69 Å². The van der Waals surface area contributed by atoms with Crippen molar-refractivity contribution in [2.24, 2.45) is 12.0 Å². The molecule has 0 spiro atoms. The van der Waals surface area contributed by atoms with Crippen molar-refractivity contribution in [2.45, 2.75) is 19.4 Å². The highest BCUT2D eigenvalue weighted by Crippen LogP contribution is 2.25. The Morgan fingerprint density at radius 3 is 2.48 bits per heavy atom. The van der Waals surface area contributed by atoms with Crippen molar-refractivity contribution in [3.8, 4) is 23.0 Å². The zero-order chi connectivity index (χ0) is 33.5. The lowest BCUT2D eigenvalue weighted by Crippen LogP contribution is -2.52. The van der Waals surface area contributed by atoms with Gasteiger partial charge in [0.15, 0.2) is 12.6 Å². The van der Waals surface area contributed by atoms with Crippen LogP contribution in [0.1, 0.15) is 39.8 Å². The second kappa shape index (κ2) is 15.3. The lowest BCUT2D eigenvalue weighted by Gasteiger charge is -2.41. The van der Waals surface area contributed by atoms with E-state index < -0.39 is 0 Å². The minimum atomic E-state index is 0.204. The number of aldehydes is 2. The van der Waals surface area contributed by atoms with Crippen molar-refractivity contribution in [3.05, 3.63) is 82.1 Å². The second-order valence-electron chi connectivity index (χ2n) is 12.3. The van der Waals surface area contributed by atoms with Crippen LogP contribution in [0.3, 0.4) is 0 Å². The summed E-state index contributed by atoms with van der Waals surface area (Å²) in [5.74, 6) is 6.56. The van der Waals surface area contributed by atoms with Crippen molar-refractivity contribution in [1.82, 2.24) is 19.4 Å². The highest BCUT2D eigenvalue weighted by molar-refractivity contribution is 5.91. The maximum absolute atomic E-state index is 11.2. The highest BCUT2D eigenvalue weighted by atomic mass is 16.5. The van der Waals surface area contributed by atoms with Crippen molar-refractivity contribution in [2.75, 3.05) is 63.9 Å². The molecule has 2 aromatic heterocycles. The van der Waals surface area contributed by atoms with Gasteiger partial charge in [0, 0.05) is 122 Å². The first-order chi connectivity index (χ1) is 23.5. The zero-order valence-corrected chi connectivity index (χ0v) is 27.8. The lowest BCUT2D eigenvalue weighted by molar-refractivity contribution is 0.0266. The Balaban J connectivity index is 0.901. The Morgan fingerprint density at radius 1 is 0.979 bits per heavy atom. The van der Waals surface area contributed by atoms with Crippen molar-refractivity contribution < 1.29 is 14.3 Å². The number of nitrogens with zero attached hydrogens (tertiary/aromatic N) is 6. The van der Waals surface area contributed by atoms with Crippen LogP contribution in [0, 0.1) is 11.8 Å². The average Bonchev–Trinajstić information content (AvgIpc) is 3.34. The number of piperazine rings is 1. The molecule has 4 aromatic rings. The maximum Gasteiger partial charge on any atom is 0.150 e. The van der Waals surface area contributed by atoms with Crippen LogP contribution in [0.5, 0.6) is 0 Å². The summed E-state index contributed by atoms with van der Waals surface area (Å²) in [5.41, 5.74) is 5.87. The third-order valence-electron chi connectivity index (χ3n) is 9.31. The van der Waals surface area contributed by atoms with Gasteiger partial charge in [0.1, 0.15) is 5.69 Å². The number of aliphatic imine (C=N–C) groups is 1. The van der Waals surface area contributed by atoms with Gasteiger partial charge in [-0.3, -0.25) is 19.5 Å². The molecule has 6 rings (SSSR count). The van der Waals surface area contributed by atoms with Gasteiger partial charge in [-0.05, 0) is 55.2 Å². The molecule has 0 amide bonds. The molecule has 0 atom stereocenters. The first-order valence-electron chi connectivity index (χ1n) is 16.5. The van der Waals surface area contributed by atoms with E-state index in [1.54, 1.807) is 18.3 Å². The smallest absolute Gasteiger partial charge is 0.150 e. The quantitative estimate of drug-likeness (QED) is 0.107. The Hall–Kier alpha value is -4.88. The molecule has 48 heavy (non-hydrogen) atoms. The monoisotopic (exact) mass is 642 g/mol. The summed E-state index contributed by atoms with van der Waals surface area (Å²) in [6.45, 7) is 14.3. The molecular weight excluding hydrogens is 600 g/mol. The number of carbonyl (C=O) groups is 2. The van der Waals surface area contributed by atoms with E-state index in [4.69, 9.17) is 4.74 Å². The van der Waals surface area contributed by atoms with Gasteiger partial charge in [-0.2, -0.15) is 0 Å². The van der Waals surface area contributed by atoms with Gasteiger partial charge >= 0.3 is 0 Å². The van der Waals surface area contributed by atoms with Crippen LogP contribution in [0.2, 0.25) is 0 Å². The summed E-state index contributed by atoms with van der Waals surface area (Å²) >= 11 is 0. The number of hydrogen-bond acceptors (Lipinski definition) is 8. The number of aromatic nitrogens is 2. The van der Waals surface area contributed by atoms with E-state index in [-0.39, 0.29) is 6.10 Å². The molecule has 0 saturated carbocycles. The van der Waals surface area contributed by atoms with E-state index in [9.17, 15) is 9.59 Å². The zero-order valence-electron chi connectivity index (χ0n) is 27.8. The molecule has 246 valence electrons. The van der Waals surface area contributed by atoms with Crippen LogP contribution in [-0.4, -0.2) is 103 Å². The Morgan fingerprint density at radius 2 is 1.75 bits per heavy atom. The van der Waals surface area contributed by atoms with Gasteiger partial charge in [-0.1, -0.05) is 30.7 Å². The first-order valence-corrected chi connectivity index (χ1v) is 16.5. The van der Waals surface area contributed by atoms with Gasteiger partial charge < -0.3 is 19.1 Å². The molecule has 9 heteroatoms. The number of benzene rings is 2. The summed E-state index contributed by atoms with van der Waals surface area (Å²) in [6, 6.07) is 15.9. The molecule has 2 aliphatic heterocycles. The van der Waals surface area contributed by atoms with Gasteiger partial charge in [0.25, 0.3) is 0 Å². The topological polar surface area (TPSA) is 83.3 Å². The molecule has 0 aliphatic carbocycles. The molecule has 0 bridgehead atoms. The molecule has 9 nitrogen and oxygen atoms in total. The predicted octanol–water partition coefficient (Wildman–Crippen LogP) is 3.37. The highest BCUT2D eigenvalue weighted by Gasteiger charge is 2.28. The molecule has 0 unspecified atom stereocenters. The molecule has 2 aliphatic rings. The molecule has 4 heterocycles. The third kappa shape index (κ3) is 7.47. The minimum absolute atomic E-state index is 0.204. The minimum Gasteiger partial charge on any atom is -0.374 e. The van der Waals surface area contributed by atoms with Gasteiger partial charge in [0.05, 0.1) is 12.6 Å². The van der Waals surface area contributed by atoms with E-state index >= 15 is 0 Å². The normalized spacial score (nSPS) is 16.3. The predicted molar refractivity (Wildman–Crippen MR) is 193 cm³/mol. The number of aryl methyl sites for hydroxylation is 1. The number of hydrogen-bond donors (Lipinski definition) is 0. The van der Waals surface area contributed by atoms with Crippen LogP contribution >= 0.6 is 0 Å². The summed E-state index contributed by atoms with van der Waals surface area (Å²) in [5, 5.41) is 3.12. The van der Waals surface area contributed by atoms with E-state index in [0.717, 1.165) is 116 Å². The Labute approximate surface area is 281 Å². The number of fused-ring (bicyclic) bond motifs is 1. The number of carbonyl (C=O) groups excluding carboxylic acids is 2. The van der Waals surface area contributed by atoms with E-state index in [1.165, 1.54) is 0 Å². The van der Waals surface area contributed by atoms with E-state index in [2.05, 4.69) is 71.9 Å². The Kier molecular flexibility index (Phi) is 10.6. The van der Waals surface area contributed by atoms with Gasteiger partial charge in [-0.25, -0.2) is 4.98 Å². The van der Waals surface area contributed by atoms with Gasteiger partial charge in [-0.15, -0.1) is 0 Å². The fourth-order valence-corrected chi connectivity index (χ4v) is 6.30. The van der Waals surface area contributed by atoms with Crippen LogP contribution < -0.4 is 15.5 Å². The van der Waals surface area contributed by atoms with Crippen molar-refractivity contribution in [1.29, 1.82) is 0 Å². The molecule has 2 saturated heterocycles. The standard InChI is InChI=1S/C39H42N6O3/c1-4-40-24-38-29(2)42(3)39-22-30(10-13-37(38)39)31-8-11-34(41-23-31)7-5-14-43-16-18-44(19-17-43)15-6-20-48-36-25-45(26-36)35-12-9-32(27-46)33(21-35)28-47/h4,8-13,21-24,27-28,36H,2,6,14-20,25-26H2,1,3H3/b38-24+,40-4?. The van der Waals surface area contributed by atoms with Gasteiger partial charge in [0.2, 0.25) is 0 Å². The Bertz CT molecular complexity index is 1970. The fourth-order valence-electron chi connectivity index (χ4n) is 6.30. The van der Waals surface area contributed by atoms with Crippen molar-refractivity contribution >= 4 is 48.2 Å². The molecule has 2 aromatic carbocycles. The number of pyridine rings is 1. The van der Waals surface area contributed by atoms with Crippen molar-refractivity contribution in [3.63, 3.8) is 0 Å². The summed E-state index contributed by atoms with van der Waals surface area (Å²) in [7, 11) is 2.03.